The molecule has 0 saturated carbocycles. The second kappa shape index (κ2) is 6.99. The van der Waals surface area contributed by atoms with Crippen LogP contribution in [0.15, 0.2) is 28.6 Å². The van der Waals surface area contributed by atoms with E-state index in [9.17, 15) is 13.2 Å². The van der Waals surface area contributed by atoms with Crippen molar-refractivity contribution in [2.75, 3.05) is 5.75 Å². The number of alkyl halides is 3. The summed E-state index contributed by atoms with van der Waals surface area (Å²) in [5.74, 6) is 1.06. The van der Waals surface area contributed by atoms with E-state index in [0.29, 0.717) is 10.8 Å². The van der Waals surface area contributed by atoms with Gasteiger partial charge in [-0.25, -0.2) is 0 Å². The Balaban J connectivity index is 1.88. The van der Waals surface area contributed by atoms with Crippen LogP contribution < -0.4 is 9.47 Å². The van der Waals surface area contributed by atoms with Gasteiger partial charge in [-0.2, -0.15) is 0 Å². The number of rotatable bonds is 6. The second-order valence-electron chi connectivity index (χ2n) is 3.70. The van der Waals surface area contributed by atoms with Gasteiger partial charge < -0.3 is 9.47 Å². The molecule has 2 aromatic rings. The number of hydrogen-bond acceptors (Lipinski definition) is 6. The number of nitrogens with zero attached hydrogens (tertiary/aromatic N) is 2. The third kappa shape index (κ3) is 5.43. The van der Waals surface area contributed by atoms with Crippen LogP contribution in [-0.2, 0) is 6.61 Å². The molecule has 2 rings (SSSR count). The summed E-state index contributed by atoms with van der Waals surface area (Å²) in [4.78, 5) is 0. The number of aromatic nitrogens is 2. The molecule has 0 bridgehead atoms. The van der Waals surface area contributed by atoms with Crippen molar-refractivity contribution >= 4 is 23.1 Å². The van der Waals surface area contributed by atoms with Crippen LogP contribution >= 0.6 is 23.1 Å². The first-order valence-corrected chi connectivity index (χ1v) is 7.70. The van der Waals surface area contributed by atoms with E-state index in [2.05, 4.69) is 14.9 Å². The Kier molecular flexibility index (Phi) is 5.29. The van der Waals surface area contributed by atoms with Crippen molar-refractivity contribution in [2.24, 2.45) is 0 Å². The lowest BCUT2D eigenvalue weighted by Crippen LogP contribution is -2.16. The molecule has 9 heteroatoms. The zero-order valence-corrected chi connectivity index (χ0v) is 12.5. The molecule has 0 aliphatic heterocycles. The topological polar surface area (TPSA) is 44.2 Å². The summed E-state index contributed by atoms with van der Waals surface area (Å²) in [7, 11) is 0. The lowest BCUT2D eigenvalue weighted by molar-refractivity contribution is -0.274. The van der Waals surface area contributed by atoms with E-state index >= 15 is 0 Å². The van der Waals surface area contributed by atoms with Crippen LogP contribution in [0, 0.1) is 0 Å². The molecule has 21 heavy (non-hydrogen) atoms. The molecular formula is C12H11F3N2O2S2. The number of halogens is 3. The molecule has 0 radical (unpaired) electrons. The molecule has 0 spiro atoms. The van der Waals surface area contributed by atoms with Crippen LogP contribution in [0.5, 0.6) is 11.5 Å². The molecule has 0 saturated heterocycles. The molecule has 1 aromatic heterocycles. The van der Waals surface area contributed by atoms with E-state index in [4.69, 9.17) is 4.74 Å². The van der Waals surface area contributed by atoms with Gasteiger partial charge in [0.1, 0.15) is 18.1 Å². The van der Waals surface area contributed by atoms with Gasteiger partial charge in [0.15, 0.2) is 9.35 Å². The fourth-order valence-corrected chi connectivity index (χ4v) is 3.07. The number of ether oxygens (including phenoxy) is 2. The smallest absolute Gasteiger partial charge is 0.486 e. The third-order valence-electron chi connectivity index (χ3n) is 2.14. The van der Waals surface area contributed by atoms with E-state index < -0.39 is 6.36 Å². The zero-order valence-electron chi connectivity index (χ0n) is 10.9. The lowest BCUT2D eigenvalue weighted by Gasteiger charge is -2.09. The Morgan fingerprint density at radius 3 is 2.43 bits per heavy atom. The fourth-order valence-electron chi connectivity index (χ4n) is 1.36. The van der Waals surface area contributed by atoms with Gasteiger partial charge in [-0.3, -0.25) is 0 Å². The number of hydrogen-bond donors (Lipinski definition) is 0. The van der Waals surface area contributed by atoms with Crippen molar-refractivity contribution in [2.45, 2.75) is 24.2 Å². The molecule has 0 aliphatic carbocycles. The molecule has 114 valence electrons. The summed E-state index contributed by atoms with van der Waals surface area (Å²) in [6.45, 7) is 2.24. The van der Waals surface area contributed by atoms with Crippen LogP contribution in [0.2, 0.25) is 0 Å². The fraction of sp³-hybridized carbons (Fsp3) is 0.333. The SMILES string of the molecule is CCSc1nnc(COc2ccc(OC(F)(F)F)cc2)s1. The zero-order chi connectivity index (χ0) is 15.3. The third-order valence-corrected chi connectivity index (χ3v) is 4.05. The quantitative estimate of drug-likeness (QED) is 0.742. The first kappa shape index (κ1) is 15.9. The van der Waals surface area contributed by atoms with E-state index in [-0.39, 0.29) is 12.4 Å². The Hall–Kier alpha value is -1.48. The number of benzene rings is 1. The Morgan fingerprint density at radius 1 is 1.14 bits per heavy atom. The predicted molar refractivity (Wildman–Crippen MR) is 73.8 cm³/mol. The maximum absolute atomic E-state index is 12.0. The summed E-state index contributed by atoms with van der Waals surface area (Å²) < 4.78 is 46.1. The second-order valence-corrected chi connectivity index (χ2v) is 6.28. The first-order valence-electron chi connectivity index (χ1n) is 5.90. The van der Waals surface area contributed by atoms with Crippen LogP contribution in [0.1, 0.15) is 11.9 Å². The van der Waals surface area contributed by atoms with E-state index in [1.54, 1.807) is 11.8 Å². The van der Waals surface area contributed by atoms with Gasteiger partial charge in [-0.05, 0) is 30.0 Å². The molecule has 0 fully saturated rings. The first-order chi connectivity index (χ1) is 9.96. The van der Waals surface area contributed by atoms with Crippen molar-refractivity contribution in [3.05, 3.63) is 29.3 Å². The highest BCUT2D eigenvalue weighted by molar-refractivity contribution is 8.00. The van der Waals surface area contributed by atoms with Gasteiger partial charge in [0.2, 0.25) is 0 Å². The molecule has 0 N–H and O–H groups in total. The standard InChI is InChI=1S/C12H11F3N2O2S2/c1-2-20-11-17-16-10(21-11)7-18-8-3-5-9(6-4-8)19-12(13,14)15/h3-6H,2,7H2,1H3. The molecular weight excluding hydrogens is 325 g/mol. The van der Waals surface area contributed by atoms with E-state index in [1.165, 1.54) is 35.6 Å². The highest BCUT2D eigenvalue weighted by Gasteiger charge is 2.30. The Labute approximate surface area is 127 Å². The van der Waals surface area contributed by atoms with Crippen molar-refractivity contribution in [3.63, 3.8) is 0 Å². The van der Waals surface area contributed by atoms with Crippen molar-refractivity contribution < 1.29 is 22.6 Å². The van der Waals surface area contributed by atoms with Crippen LogP contribution in [0.4, 0.5) is 13.2 Å². The monoisotopic (exact) mass is 336 g/mol. The van der Waals surface area contributed by atoms with Gasteiger partial charge in [0, 0.05) is 0 Å². The Bertz CT molecular complexity index is 573. The van der Waals surface area contributed by atoms with Gasteiger partial charge in [0.25, 0.3) is 0 Å². The van der Waals surface area contributed by atoms with Gasteiger partial charge in [0.05, 0.1) is 0 Å². The molecule has 0 atom stereocenters. The number of thioether (sulfide) groups is 1. The van der Waals surface area contributed by atoms with Crippen molar-refractivity contribution in [1.29, 1.82) is 0 Å². The van der Waals surface area contributed by atoms with E-state index in [0.717, 1.165) is 10.1 Å². The highest BCUT2D eigenvalue weighted by atomic mass is 32.2. The summed E-state index contributed by atoms with van der Waals surface area (Å²) in [6, 6.07) is 5.20. The van der Waals surface area contributed by atoms with Crippen LogP contribution in [0.25, 0.3) is 0 Å². The van der Waals surface area contributed by atoms with Crippen molar-refractivity contribution in [3.8, 4) is 11.5 Å². The molecule has 4 nitrogen and oxygen atoms in total. The molecule has 0 aliphatic rings. The van der Waals surface area contributed by atoms with Crippen LogP contribution in [-0.4, -0.2) is 22.3 Å². The van der Waals surface area contributed by atoms with Gasteiger partial charge >= 0.3 is 6.36 Å². The molecule has 1 aromatic carbocycles. The summed E-state index contributed by atoms with van der Waals surface area (Å²) in [5, 5.41) is 8.65. The largest absolute Gasteiger partial charge is 0.573 e. The molecule has 1 heterocycles. The van der Waals surface area contributed by atoms with E-state index in [1.807, 2.05) is 6.92 Å². The molecule has 0 unspecified atom stereocenters. The average Bonchev–Trinajstić information content (AvgIpc) is 2.84. The maximum Gasteiger partial charge on any atom is 0.573 e. The average molecular weight is 336 g/mol. The van der Waals surface area contributed by atoms with Gasteiger partial charge in [-0.1, -0.05) is 30.0 Å². The Morgan fingerprint density at radius 2 is 1.81 bits per heavy atom. The minimum Gasteiger partial charge on any atom is -0.486 e. The predicted octanol–water partition coefficient (Wildman–Crippen LogP) is 4.13. The van der Waals surface area contributed by atoms with Crippen LogP contribution in [0.3, 0.4) is 0 Å². The van der Waals surface area contributed by atoms with Crippen molar-refractivity contribution in [1.82, 2.24) is 10.2 Å². The summed E-state index contributed by atoms with van der Waals surface area (Å²) >= 11 is 3.02. The normalized spacial score (nSPS) is 11.4. The summed E-state index contributed by atoms with van der Waals surface area (Å²) in [6.07, 6.45) is -4.69. The van der Waals surface area contributed by atoms with Gasteiger partial charge in [-0.15, -0.1) is 23.4 Å². The minimum absolute atomic E-state index is 0.224. The lowest BCUT2D eigenvalue weighted by atomic mass is 10.3. The maximum atomic E-state index is 12.0. The summed E-state index contributed by atoms with van der Waals surface area (Å²) in [5.41, 5.74) is 0. The highest BCUT2D eigenvalue weighted by Crippen LogP contribution is 2.26. The molecule has 0 amide bonds. The minimum atomic E-state index is -4.69.